The zero-order chi connectivity index (χ0) is 13.1. The van der Waals surface area contributed by atoms with Gasteiger partial charge in [-0.15, -0.1) is 0 Å². The number of hydrogen-bond acceptors (Lipinski definition) is 3. The van der Waals surface area contributed by atoms with E-state index in [1.807, 2.05) is 12.1 Å². The van der Waals surface area contributed by atoms with Gasteiger partial charge in [-0.2, -0.15) is 0 Å². The summed E-state index contributed by atoms with van der Waals surface area (Å²) < 4.78 is 5.47. The molecule has 1 aromatic rings. The maximum atomic E-state index is 10.1. The molecule has 0 unspecified atom stereocenters. The van der Waals surface area contributed by atoms with E-state index in [1.54, 1.807) is 0 Å². The summed E-state index contributed by atoms with van der Waals surface area (Å²) in [6.07, 6.45) is 2.24. The Morgan fingerprint density at radius 3 is 2.83 bits per heavy atom. The van der Waals surface area contributed by atoms with Crippen LogP contribution in [0.1, 0.15) is 43.9 Å². The number of ether oxygens (including phenoxy) is 1. The van der Waals surface area contributed by atoms with Crippen LogP contribution in [0.4, 0.5) is 0 Å². The van der Waals surface area contributed by atoms with Gasteiger partial charge in [-0.3, -0.25) is 0 Å². The molecule has 3 N–H and O–H groups in total. The summed E-state index contributed by atoms with van der Waals surface area (Å²) in [5, 5.41) is 10.1. The summed E-state index contributed by atoms with van der Waals surface area (Å²) in [7, 11) is 0. The molecule has 100 valence electrons. The third-order valence-corrected chi connectivity index (χ3v) is 3.55. The van der Waals surface area contributed by atoms with E-state index in [4.69, 9.17) is 10.5 Å². The average Bonchev–Trinajstić information content (AvgIpc) is 2.81. The Bertz CT molecular complexity index is 403. The summed E-state index contributed by atoms with van der Waals surface area (Å²) in [6.45, 7) is 5.07. The SMILES string of the molecule is CC(C)CC[C@H](O)[C@H](N)c1ccc2c(c1)CCO2. The van der Waals surface area contributed by atoms with E-state index < -0.39 is 6.10 Å². The Labute approximate surface area is 109 Å². The summed E-state index contributed by atoms with van der Waals surface area (Å²) in [5.41, 5.74) is 8.35. The molecule has 0 saturated heterocycles. The van der Waals surface area contributed by atoms with Gasteiger partial charge >= 0.3 is 0 Å². The summed E-state index contributed by atoms with van der Waals surface area (Å²) >= 11 is 0. The summed E-state index contributed by atoms with van der Waals surface area (Å²) in [4.78, 5) is 0. The van der Waals surface area contributed by atoms with E-state index in [2.05, 4.69) is 19.9 Å². The molecule has 1 heterocycles. The van der Waals surface area contributed by atoms with Crippen LogP contribution in [-0.4, -0.2) is 17.8 Å². The van der Waals surface area contributed by atoms with Crippen molar-refractivity contribution in [3.05, 3.63) is 29.3 Å². The number of aliphatic hydroxyl groups excluding tert-OH is 1. The highest BCUT2D eigenvalue weighted by atomic mass is 16.5. The number of aliphatic hydroxyl groups is 1. The molecule has 1 aromatic carbocycles. The lowest BCUT2D eigenvalue weighted by atomic mass is 9.94. The summed E-state index contributed by atoms with van der Waals surface area (Å²) in [5.74, 6) is 1.56. The predicted molar refractivity (Wildman–Crippen MR) is 72.6 cm³/mol. The van der Waals surface area contributed by atoms with Crippen LogP contribution in [0.3, 0.4) is 0 Å². The minimum Gasteiger partial charge on any atom is -0.493 e. The summed E-state index contributed by atoms with van der Waals surface area (Å²) in [6, 6.07) is 5.71. The van der Waals surface area contributed by atoms with E-state index in [0.717, 1.165) is 37.2 Å². The number of hydrogen-bond donors (Lipinski definition) is 2. The van der Waals surface area contributed by atoms with Gasteiger partial charge in [-0.25, -0.2) is 0 Å². The van der Waals surface area contributed by atoms with Gasteiger partial charge in [-0.05, 0) is 36.0 Å². The van der Waals surface area contributed by atoms with Gasteiger partial charge in [0.25, 0.3) is 0 Å². The van der Waals surface area contributed by atoms with Crippen molar-refractivity contribution in [2.45, 2.75) is 45.3 Å². The van der Waals surface area contributed by atoms with Crippen molar-refractivity contribution in [1.82, 2.24) is 0 Å². The minimum absolute atomic E-state index is 0.297. The van der Waals surface area contributed by atoms with E-state index in [1.165, 1.54) is 5.56 Å². The Kier molecular flexibility index (Phi) is 4.25. The van der Waals surface area contributed by atoms with Gasteiger partial charge in [0.2, 0.25) is 0 Å². The van der Waals surface area contributed by atoms with Gasteiger partial charge in [0, 0.05) is 6.42 Å². The Morgan fingerprint density at radius 2 is 2.11 bits per heavy atom. The number of nitrogens with two attached hydrogens (primary N) is 1. The van der Waals surface area contributed by atoms with Crippen LogP contribution in [0.15, 0.2) is 18.2 Å². The molecule has 0 amide bonds. The fourth-order valence-corrected chi connectivity index (χ4v) is 2.32. The molecule has 0 spiro atoms. The predicted octanol–water partition coefficient (Wildman–Crippen LogP) is 2.42. The molecule has 0 aromatic heterocycles. The van der Waals surface area contributed by atoms with Gasteiger partial charge in [0.1, 0.15) is 5.75 Å². The lowest BCUT2D eigenvalue weighted by molar-refractivity contribution is 0.128. The van der Waals surface area contributed by atoms with Crippen molar-refractivity contribution < 1.29 is 9.84 Å². The van der Waals surface area contributed by atoms with E-state index >= 15 is 0 Å². The van der Waals surface area contributed by atoms with E-state index in [0.29, 0.717) is 5.92 Å². The lowest BCUT2D eigenvalue weighted by Gasteiger charge is -2.20. The third kappa shape index (κ3) is 3.03. The molecule has 0 saturated carbocycles. The molecule has 2 atom stereocenters. The molecular formula is C15H23NO2. The Morgan fingerprint density at radius 1 is 1.33 bits per heavy atom. The van der Waals surface area contributed by atoms with E-state index in [-0.39, 0.29) is 6.04 Å². The van der Waals surface area contributed by atoms with Crippen molar-refractivity contribution in [2.75, 3.05) is 6.61 Å². The molecule has 0 aliphatic carbocycles. The first-order chi connectivity index (χ1) is 8.58. The standard InChI is InChI=1S/C15H23NO2/c1-10(2)3-5-13(17)15(16)12-4-6-14-11(9-12)7-8-18-14/h4,6,9-10,13,15,17H,3,5,7-8,16H2,1-2H3/t13-,15+/m0/s1. The van der Waals surface area contributed by atoms with Gasteiger partial charge in [-0.1, -0.05) is 26.0 Å². The van der Waals surface area contributed by atoms with Crippen LogP contribution >= 0.6 is 0 Å². The number of rotatable bonds is 5. The smallest absolute Gasteiger partial charge is 0.122 e. The van der Waals surface area contributed by atoms with Crippen molar-refractivity contribution >= 4 is 0 Å². The molecule has 3 nitrogen and oxygen atoms in total. The molecule has 2 rings (SSSR count). The molecule has 18 heavy (non-hydrogen) atoms. The molecule has 1 aliphatic rings. The van der Waals surface area contributed by atoms with Gasteiger partial charge in [0.05, 0.1) is 18.8 Å². The largest absolute Gasteiger partial charge is 0.493 e. The highest BCUT2D eigenvalue weighted by molar-refractivity contribution is 5.40. The van der Waals surface area contributed by atoms with Crippen molar-refractivity contribution in [3.63, 3.8) is 0 Å². The first kappa shape index (κ1) is 13.4. The quantitative estimate of drug-likeness (QED) is 0.842. The molecule has 3 heteroatoms. The van der Waals surface area contributed by atoms with Crippen molar-refractivity contribution in [3.8, 4) is 5.75 Å². The molecule has 0 radical (unpaired) electrons. The molecule has 0 bridgehead atoms. The number of benzene rings is 1. The third-order valence-electron chi connectivity index (χ3n) is 3.55. The first-order valence-electron chi connectivity index (χ1n) is 6.77. The van der Waals surface area contributed by atoms with Crippen LogP contribution in [0.5, 0.6) is 5.75 Å². The normalized spacial score (nSPS) is 17.4. The topological polar surface area (TPSA) is 55.5 Å². The Balaban J connectivity index is 2.02. The van der Waals surface area contributed by atoms with Crippen LogP contribution < -0.4 is 10.5 Å². The maximum Gasteiger partial charge on any atom is 0.122 e. The zero-order valence-electron chi connectivity index (χ0n) is 11.2. The minimum atomic E-state index is -0.465. The number of fused-ring (bicyclic) bond motifs is 1. The Hall–Kier alpha value is -1.06. The maximum absolute atomic E-state index is 10.1. The monoisotopic (exact) mass is 249 g/mol. The van der Waals surface area contributed by atoms with Crippen LogP contribution in [-0.2, 0) is 6.42 Å². The van der Waals surface area contributed by atoms with Gasteiger partial charge < -0.3 is 15.6 Å². The first-order valence-corrected chi connectivity index (χ1v) is 6.77. The van der Waals surface area contributed by atoms with Crippen molar-refractivity contribution in [1.29, 1.82) is 0 Å². The van der Waals surface area contributed by atoms with Crippen molar-refractivity contribution in [2.24, 2.45) is 11.7 Å². The van der Waals surface area contributed by atoms with Crippen LogP contribution in [0.2, 0.25) is 0 Å². The second kappa shape index (κ2) is 5.72. The fourth-order valence-electron chi connectivity index (χ4n) is 2.32. The zero-order valence-corrected chi connectivity index (χ0v) is 11.2. The molecular weight excluding hydrogens is 226 g/mol. The van der Waals surface area contributed by atoms with Gasteiger partial charge in [0.15, 0.2) is 0 Å². The van der Waals surface area contributed by atoms with Crippen LogP contribution in [0, 0.1) is 5.92 Å². The second-order valence-electron chi connectivity index (χ2n) is 5.53. The van der Waals surface area contributed by atoms with E-state index in [9.17, 15) is 5.11 Å². The highest BCUT2D eigenvalue weighted by Crippen LogP contribution is 2.29. The highest BCUT2D eigenvalue weighted by Gasteiger charge is 2.20. The fraction of sp³-hybridized carbons (Fsp3) is 0.600. The lowest BCUT2D eigenvalue weighted by Crippen LogP contribution is -2.26. The van der Waals surface area contributed by atoms with Crippen LogP contribution in [0.25, 0.3) is 0 Å². The molecule has 0 fully saturated rings. The average molecular weight is 249 g/mol. The second-order valence-corrected chi connectivity index (χ2v) is 5.53. The molecule has 1 aliphatic heterocycles.